The van der Waals surface area contributed by atoms with Gasteiger partial charge in [0.2, 0.25) is 5.91 Å². The fourth-order valence-corrected chi connectivity index (χ4v) is 4.38. The molecule has 7 heteroatoms. The number of carbonyl (C=O) groups excluding carboxylic acids is 1. The van der Waals surface area contributed by atoms with Gasteiger partial charge in [-0.25, -0.2) is 0 Å². The average molecular weight is 394 g/mol. The summed E-state index contributed by atoms with van der Waals surface area (Å²) in [7, 11) is 0. The molecular weight excluding hydrogens is 370 g/mol. The minimum Gasteiger partial charge on any atom is -0.339 e. The topological polar surface area (TPSA) is 63.9 Å². The van der Waals surface area contributed by atoms with Gasteiger partial charge in [-0.1, -0.05) is 30.0 Å². The van der Waals surface area contributed by atoms with Crippen LogP contribution in [-0.2, 0) is 4.79 Å². The van der Waals surface area contributed by atoms with E-state index in [9.17, 15) is 4.79 Å². The van der Waals surface area contributed by atoms with Crippen molar-refractivity contribution in [2.75, 3.05) is 12.3 Å². The highest BCUT2D eigenvalue weighted by Gasteiger charge is 2.24. The lowest BCUT2D eigenvalue weighted by molar-refractivity contribution is -0.131. The maximum absolute atomic E-state index is 12.7. The molecule has 0 saturated carbocycles. The number of thioether (sulfide) groups is 1. The molecule has 3 heterocycles. The van der Waals surface area contributed by atoms with Gasteiger partial charge in [-0.2, -0.15) is 0 Å². The van der Waals surface area contributed by atoms with Gasteiger partial charge in [-0.3, -0.25) is 14.3 Å². The number of nitrogens with zero attached hydrogens (tertiary/aromatic N) is 5. The van der Waals surface area contributed by atoms with Crippen molar-refractivity contribution in [2.45, 2.75) is 37.4 Å². The molecule has 0 aliphatic carbocycles. The van der Waals surface area contributed by atoms with Crippen molar-refractivity contribution in [3.05, 3.63) is 54.9 Å². The highest BCUT2D eigenvalue weighted by molar-refractivity contribution is 7.99. The van der Waals surface area contributed by atoms with Crippen molar-refractivity contribution in [3.63, 3.8) is 0 Å². The number of pyridine rings is 1. The largest absolute Gasteiger partial charge is 0.339 e. The molecular formula is C21H23N5OS. The number of piperidine rings is 1. The van der Waals surface area contributed by atoms with E-state index < -0.39 is 0 Å². The number of rotatable bonds is 5. The lowest BCUT2D eigenvalue weighted by Gasteiger charge is -2.33. The van der Waals surface area contributed by atoms with Crippen molar-refractivity contribution in [1.82, 2.24) is 24.6 Å². The van der Waals surface area contributed by atoms with Crippen LogP contribution in [0.5, 0.6) is 0 Å². The summed E-state index contributed by atoms with van der Waals surface area (Å²) in [4.78, 5) is 18.8. The smallest absolute Gasteiger partial charge is 0.233 e. The van der Waals surface area contributed by atoms with E-state index in [2.05, 4.69) is 22.1 Å². The summed E-state index contributed by atoms with van der Waals surface area (Å²) >= 11 is 1.44. The standard InChI is InChI=1S/C21H23N5OS/c1-16-7-5-6-14-25(16)19(27)15-28-21-24-23-20(17-10-12-22-13-11-17)26(21)18-8-3-2-4-9-18/h2-4,8-13,16H,5-7,14-15H2,1H3. The molecule has 0 bridgehead atoms. The highest BCUT2D eigenvalue weighted by atomic mass is 32.2. The Morgan fingerprint density at radius 3 is 2.64 bits per heavy atom. The van der Waals surface area contributed by atoms with Crippen LogP contribution in [0, 0.1) is 0 Å². The number of hydrogen-bond donors (Lipinski definition) is 0. The average Bonchev–Trinajstić information content (AvgIpc) is 3.17. The molecule has 0 spiro atoms. The number of para-hydroxylation sites is 1. The predicted molar refractivity (Wildman–Crippen MR) is 110 cm³/mol. The first-order valence-corrected chi connectivity index (χ1v) is 10.6. The van der Waals surface area contributed by atoms with Gasteiger partial charge in [-0.15, -0.1) is 10.2 Å². The first kappa shape index (κ1) is 18.7. The van der Waals surface area contributed by atoms with Gasteiger partial charge in [0.1, 0.15) is 0 Å². The Labute approximate surface area is 169 Å². The molecule has 1 aromatic carbocycles. The van der Waals surface area contributed by atoms with E-state index in [1.807, 2.05) is 51.9 Å². The molecule has 144 valence electrons. The van der Waals surface area contributed by atoms with E-state index in [0.29, 0.717) is 11.8 Å². The van der Waals surface area contributed by atoms with Crippen molar-refractivity contribution < 1.29 is 4.79 Å². The summed E-state index contributed by atoms with van der Waals surface area (Å²) in [6.45, 7) is 2.99. The van der Waals surface area contributed by atoms with Gasteiger partial charge in [0.15, 0.2) is 11.0 Å². The first-order chi connectivity index (χ1) is 13.7. The number of amides is 1. The molecule has 6 nitrogen and oxygen atoms in total. The summed E-state index contributed by atoms with van der Waals surface area (Å²) in [5, 5.41) is 9.52. The third kappa shape index (κ3) is 3.94. The Morgan fingerprint density at radius 2 is 1.89 bits per heavy atom. The molecule has 1 amide bonds. The van der Waals surface area contributed by atoms with Gasteiger partial charge < -0.3 is 4.90 Å². The van der Waals surface area contributed by atoms with Crippen molar-refractivity contribution in [2.24, 2.45) is 0 Å². The molecule has 0 radical (unpaired) electrons. The fraction of sp³-hybridized carbons (Fsp3) is 0.333. The van der Waals surface area contributed by atoms with Crippen molar-refractivity contribution in [1.29, 1.82) is 0 Å². The highest BCUT2D eigenvalue weighted by Crippen LogP contribution is 2.28. The van der Waals surface area contributed by atoms with Gasteiger partial charge in [-0.05, 0) is 50.5 Å². The molecule has 2 aromatic heterocycles. The molecule has 1 atom stereocenters. The second-order valence-electron chi connectivity index (χ2n) is 6.93. The van der Waals surface area contributed by atoms with E-state index in [1.54, 1.807) is 12.4 Å². The first-order valence-electron chi connectivity index (χ1n) is 9.57. The van der Waals surface area contributed by atoms with Crippen LogP contribution < -0.4 is 0 Å². The van der Waals surface area contributed by atoms with Crippen LogP contribution in [0.2, 0.25) is 0 Å². The summed E-state index contributed by atoms with van der Waals surface area (Å²) in [5.41, 5.74) is 1.91. The minimum absolute atomic E-state index is 0.172. The molecule has 1 saturated heterocycles. The lowest BCUT2D eigenvalue weighted by Crippen LogP contribution is -2.42. The zero-order chi connectivity index (χ0) is 19.3. The third-order valence-corrected chi connectivity index (χ3v) is 5.95. The van der Waals surface area contributed by atoms with Crippen LogP contribution in [0.25, 0.3) is 17.1 Å². The monoisotopic (exact) mass is 393 g/mol. The van der Waals surface area contributed by atoms with E-state index in [0.717, 1.165) is 41.6 Å². The third-order valence-electron chi connectivity index (χ3n) is 5.03. The summed E-state index contributed by atoms with van der Waals surface area (Å²) in [6.07, 6.45) is 6.87. The zero-order valence-electron chi connectivity index (χ0n) is 15.9. The van der Waals surface area contributed by atoms with E-state index >= 15 is 0 Å². The van der Waals surface area contributed by atoms with Crippen molar-refractivity contribution in [3.8, 4) is 17.1 Å². The van der Waals surface area contributed by atoms with Gasteiger partial charge in [0, 0.05) is 36.2 Å². The van der Waals surface area contributed by atoms with E-state index in [-0.39, 0.29) is 5.91 Å². The Morgan fingerprint density at radius 1 is 1.11 bits per heavy atom. The molecule has 28 heavy (non-hydrogen) atoms. The number of carbonyl (C=O) groups is 1. The van der Waals surface area contributed by atoms with Crippen LogP contribution in [0.4, 0.5) is 0 Å². The van der Waals surface area contributed by atoms with Gasteiger partial charge in [0.05, 0.1) is 5.75 Å². The van der Waals surface area contributed by atoms with Gasteiger partial charge >= 0.3 is 0 Å². The summed E-state index contributed by atoms with van der Waals surface area (Å²) in [5.74, 6) is 1.28. The zero-order valence-corrected chi connectivity index (χ0v) is 16.7. The summed E-state index contributed by atoms with van der Waals surface area (Å²) in [6, 6.07) is 14.1. The van der Waals surface area contributed by atoms with Crippen LogP contribution in [-0.4, -0.2) is 48.9 Å². The van der Waals surface area contributed by atoms with E-state index in [4.69, 9.17) is 0 Å². The van der Waals surface area contributed by atoms with Crippen LogP contribution in [0.15, 0.2) is 60.0 Å². The number of benzene rings is 1. The number of likely N-dealkylation sites (tertiary alicyclic amines) is 1. The van der Waals surface area contributed by atoms with Crippen molar-refractivity contribution >= 4 is 17.7 Å². The normalized spacial score (nSPS) is 16.9. The Balaban J connectivity index is 1.60. The molecule has 1 aliphatic rings. The Kier molecular flexibility index (Phi) is 5.71. The van der Waals surface area contributed by atoms with Crippen LogP contribution >= 0.6 is 11.8 Å². The molecule has 1 unspecified atom stereocenters. The van der Waals surface area contributed by atoms with E-state index in [1.165, 1.54) is 18.2 Å². The van der Waals surface area contributed by atoms with Crippen LogP contribution in [0.3, 0.4) is 0 Å². The summed E-state index contributed by atoms with van der Waals surface area (Å²) < 4.78 is 2.01. The maximum atomic E-state index is 12.7. The SMILES string of the molecule is CC1CCCCN1C(=O)CSc1nnc(-c2ccncc2)n1-c1ccccc1. The minimum atomic E-state index is 0.172. The lowest BCUT2D eigenvalue weighted by atomic mass is 10.0. The molecule has 3 aromatic rings. The van der Waals surface area contributed by atoms with Crippen LogP contribution in [0.1, 0.15) is 26.2 Å². The quantitative estimate of drug-likeness (QED) is 0.617. The molecule has 1 fully saturated rings. The second-order valence-corrected chi connectivity index (χ2v) is 7.88. The predicted octanol–water partition coefficient (Wildman–Crippen LogP) is 3.82. The second kappa shape index (κ2) is 8.56. The fourth-order valence-electron chi connectivity index (χ4n) is 3.54. The Bertz CT molecular complexity index is 928. The Hall–Kier alpha value is -2.67. The molecule has 0 N–H and O–H groups in total. The molecule has 4 rings (SSSR count). The number of hydrogen-bond acceptors (Lipinski definition) is 5. The molecule has 1 aliphatic heterocycles. The van der Waals surface area contributed by atoms with Gasteiger partial charge in [0.25, 0.3) is 0 Å². The maximum Gasteiger partial charge on any atom is 0.233 e. The number of aromatic nitrogens is 4.